The second-order valence-corrected chi connectivity index (χ2v) is 14.7. The molecule has 0 fully saturated rings. The summed E-state index contributed by atoms with van der Waals surface area (Å²) < 4.78 is 57.3. The van der Waals surface area contributed by atoms with Crippen molar-refractivity contribution in [3.05, 3.63) is 140 Å². The summed E-state index contributed by atoms with van der Waals surface area (Å²) in [6.07, 6.45) is 3.52. The van der Waals surface area contributed by atoms with Crippen LogP contribution < -0.4 is 10.6 Å². The lowest BCUT2D eigenvalue weighted by Crippen LogP contribution is -2.14. The molecular weight excluding hydrogens is 697 g/mol. The molecule has 51 heavy (non-hydrogen) atoms. The summed E-state index contributed by atoms with van der Waals surface area (Å²) in [6, 6.07) is 19.4. The molecule has 0 spiro atoms. The molecule has 6 nitrogen and oxygen atoms in total. The molecule has 4 aromatic carbocycles. The summed E-state index contributed by atoms with van der Waals surface area (Å²) in [5, 5.41) is 4.94. The van der Waals surface area contributed by atoms with E-state index in [4.69, 9.17) is 4.98 Å². The van der Waals surface area contributed by atoms with E-state index in [0.29, 0.717) is 19.3 Å². The van der Waals surface area contributed by atoms with E-state index in [9.17, 15) is 27.2 Å². The van der Waals surface area contributed by atoms with Gasteiger partial charge in [0.1, 0.15) is 34.6 Å². The van der Waals surface area contributed by atoms with Crippen LogP contribution in [-0.2, 0) is 25.7 Å². The number of aromatic nitrogens is 2. The zero-order chi connectivity index (χ0) is 35.4. The molecule has 12 heteroatoms. The number of fused-ring (bicyclic) bond motifs is 6. The number of hydrogen-bond donors (Lipinski definition) is 2. The van der Waals surface area contributed by atoms with Gasteiger partial charge in [0.25, 0.3) is 11.8 Å². The average Bonchev–Trinajstić information content (AvgIpc) is 3.65. The van der Waals surface area contributed by atoms with Gasteiger partial charge in [-0.1, -0.05) is 48.0 Å². The Morgan fingerprint density at radius 3 is 1.84 bits per heavy atom. The summed E-state index contributed by atoms with van der Waals surface area (Å²) >= 11 is 2.40. The van der Waals surface area contributed by atoms with Gasteiger partial charge in [0.15, 0.2) is 10.0 Å². The number of hydrogen-bond acceptors (Lipinski definition) is 6. The molecule has 6 aromatic rings. The molecule has 1 atom stereocenters. The number of anilines is 2. The highest BCUT2D eigenvalue weighted by Gasteiger charge is 2.30. The average molecular weight is 725 g/mol. The largest absolute Gasteiger partial charge is 0.315 e. The van der Waals surface area contributed by atoms with E-state index in [1.807, 2.05) is 6.92 Å². The first kappa shape index (κ1) is 33.0. The fraction of sp³-hybridized carbons (Fsp3) is 0.179. The zero-order valence-corrected chi connectivity index (χ0v) is 28.7. The van der Waals surface area contributed by atoms with E-state index in [-0.39, 0.29) is 15.9 Å². The number of aryl methyl sites for hydroxylation is 3. The maximum Gasteiger partial charge on any atom is 0.284 e. The van der Waals surface area contributed by atoms with E-state index >= 15 is 0 Å². The van der Waals surface area contributed by atoms with Gasteiger partial charge in [0, 0.05) is 0 Å². The minimum atomic E-state index is -0.874. The number of nitrogens with one attached hydrogen (secondary N) is 2. The van der Waals surface area contributed by atoms with Crippen molar-refractivity contribution in [2.75, 3.05) is 10.6 Å². The lowest BCUT2D eigenvalue weighted by Gasteiger charge is -2.18. The molecule has 1 unspecified atom stereocenters. The fourth-order valence-corrected chi connectivity index (χ4v) is 8.90. The first-order chi connectivity index (χ1) is 24.6. The molecule has 2 amide bonds. The Morgan fingerprint density at radius 1 is 0.667 bits per heavy atom. The first-order valence-electron chi connectivity index (χ1n) is 16.4. The summed E-state index contributed by atoms with van der Waals surface area (Å²) in [5.74, 6) is -4.89. The van der Waals surface area contributed by atoms with Crippen LogP contribution in [0.3, 0.4) is 0 Å². The summed E-state index contributed by atoms with van der Waals surface area (Å²) in [4.78, 5) is 37.5. The monoisotopic (exact) mass is 724 g/mol. The van der Waals surface area contributed by atoms with Crippen molar-refractivity contribution in [1.29, 1.82) is 0 Å². The molecule has 2 aromatic heterocycles. The predicted molar refractivity (Wildman–Crippen MR) is 191 cm³/mol. The highest BCUT2D eigenvalue weighted by Crippen LogP contribution is 2.44. The molecule has 8 rings (SSSR count). The van der Waals surface area contributed by atoms with Crippen molar-refractivity contribution in [2.24, 2.45) is 0 Å². The molecule has 2 aliphatic carbocycles. The maximum atomic E-state index is 14.4. The van der Waals surface area contributed by atoms with Crippen molar-refractivity contribution < 1.29 is 27.2 Å². The van der Waals surface area contributed by atoms with Crippen LogP contribution in [0.2, 0.25) is 0 Å². The van der Waals surface area contributed by atoms with E-state index in [0.717, 1.165) is 91.6 Å². The second-order valence-electron chi connectivity index (χ2n) is 12.7. The number of thiazole rings is 2. The van der Waals surface area contributed by atoms with Crippen molar-refractivity contribution in [1.82, 2.24) is 9.97 Å². The highest BCUT2D eigenvalue weighted by molar-refractivity contribution is 7.17. The number of carbonyl (C=O) groups excluding carboxylic acids is 2. The molecule has 256 valence electrons. The van der Waals surface area contributed by atoms with E-state index < -0.39 is 46.5 Å². The van der Waals surface area contributed by atoms with Crippen LogP contribution in [0.25, 0.3) is 20.9 Å². The van der Waals surface area contributed by atoms with Gasteiger partial charge in [0.05, 0.1) is 21.1 Å². The molecular formula is C39H28F4N4O2S2. The Morgan fingerprint density at radius 2 is 1.22 bits per heavy atom. The lowest BCUT2D eigenvalue weighted by molar-refractivity contribution is 0.101. The van der Waals surface area contributed by atoms with Gasteiger partial charge in [-0.15, -0.1) is 22.7 Å². The number of rotatable bonds is 5. The minimum Gasteiger partial charge on any atom is -0.315 e. The Hall–Kier alpha value is -5.20. The van der Waals surface area contributed by atoms with Crippen LogP contribution in [-0.4, -0.2) is 21.8 Å². The van der Waals surface area contributed by atoms with Gasteiger partial charge < -0.3 is 10.6 Å². The fourth-order valence-electron chi connectivity index (χ4n) is 6.80. The van der Waals surface area contributed by atoms with Gasteiger partial charge >= 0.3 is 0 Å². The van der Waals surface area contributed by atoms with E-state index in [1.165, 1.54) is 34.8 Å². The van der Waals surface area contributed by atoms with Gasteiger partial charge in [-0.05, 0) is 103 Å². The molecule has 2 aliphatic rings. The Labute approximate surface area is 298 Å². The van der Waals surface area contributed by atoms with Gasteiger partial charge in [-0.3, -0.25) is 9.59 Å². The molecule has 0 saturated carbocycles. The number of para-hydroxylation sites is 2. The second kappa shape index (κ2) is 13.2. The van der Waals surface area contributed by atoms with E-state index in [1.54, 1.807) is 0 Å². The van der Waals surface area contributed by atoms with Crippen molar-refractivity contribution >= 4 is 45.9 Å². The van der Waals surface area contributed by atoms with Crippen LogP contribution in [0.15, 0.2) is 72.8 Å². The Balaban J connectivity index is 1.14. The van der Waals surface area contributed by atoms with Crippen LogP contribution in [0.5, 0.6) is 0 Å². The normalized spacial score (nSPS) is 14.7. The Bertz CT molecular complexity index is 2350. The van der Waals surface area contributed by atoms with Crippen molar-refractivity contribution in [3.63, 3.8) is 0 Å². The summed E-state index contributed by atoms with van der Waals surface area (Å²) in [5.41, 5.74) is 6.69. The maximum absolute atomic E-state index is 14.4. The van der Waals surface area contributed by atoms with Crippen LogP contribution >= 0.6 is 22.7 Å². The third-order valence-electron chi connectivity index (χ3n) is 9.31. The standard InChI is InChI=1S/C39H28F4N4O2S2/c1-19-11-12-22-16-23(18-31-35(24(22)15-19)51-39(45-31)37(49)47-33-28(42)8-4-9-29(33)43)21-14-13-20-5-2-10-30-34(25(20)17-21)50-38(44-30)36(48)46-32-26(40)6-3-7-27(32)41/h3-4,6-9,11-15,17,23H,2,5,10,16,18H2,1H3,(H,46,48)(H,47,49). The molecule has 2 heterocycles. The van der Waals surface area contributed by atoms with Crippen LogP contribution in [0.4, 0.5) is 28.9 Å². The molecule has 2 N–H and O–H groups in total. The van der Waals surface area contributed by atoms with Gasteiger partial charge in [-0.25, -0.2) is 27.5 Å². The van der Waals surface area contributed by atoms with Crippen LogP contribution in [0.1, 0.15) is 65.6 Å². The quantitative estimate of drug-likeness (QED) is 0.174. The van der Waals surface area contributed by atoms with Crippen LogP contribution in [0, 0.1) is 30.2 Å². The zero-order valence-electron chi connectivity index (χ0n) is 27.1. The van der Waals surface area contributed by atoms with Crippen molar-refractivity contribution in [2.45, 2.75) is 44.9 Å². The molecule has 0 saturated heterocycles. The smallest absolute Gasteiger partial charge is 0.284 e. The SMILES string of the molecule is Cc1ccc2c(c1)-c1sc(C(=O)Nc3c(F)cccc3F)nc1CC(c1ccc3c(c1)-c1sc(C(=O)Nc4c(F)cccc4F)nc1CCC3)C2. The highest BCUT2D eigenvalue weighted by atomic mass is 32.1. The topological polar surface area (TPSA) is 84.0 Å². The number of benzene rings is 4. The van der Waals surface area contributed by atoms with E-state index in [2.05, 4.69) is 52.0 Å². The number of carbonyl (C=O) groups is 2. The number of halogens is 4. The first-order valence-corrected chi connectivity index (χ1v) is 18.0. The Kier molecular flexibility index (Phi) is 8.51. The van der Waals surface area contributed by atoms with Gasteiger partial charge in [-0.2, -0.15) is 0 Å². The number of amides is 2. The molecule has 0 aliphatic heterocycles. The predicted octanol–water partition coefficient (Wildman–Crippen LogP) is 9.67. The number of nitrogens with zero attached hydrogens (tertiary/aromatic N) is 2. The molecule has 0 radical (unpaired) electrons. The summed E-state index contributed by atoms with van der Waals surface area (Å²) in [6.45, 7) is 2.00. The summed E-state index contributed by atoms with van der Waals surface area (Å²) in [7, 11) is 0. The van der Waals surface area contributed by atoms with Crippen molar-refractivity contribution in [3.8, 4) is 20.9 Å². The third-order valence-corrected chi connectivity index (χ3v) is 11.6. The lowest BCUT2D eigenvalue weighted by atomic mass is 9.87. The minimum absolute atomic E-state index is 0.0357. The third kappa shape index (κ3) is 6.23. The molecule has 0 bridgehead atoms. The van der Waals surface area contributed by atoms with Gasteiger partial charge in [0.2, 0.25) is 0 Å².